The fourth-order valence-electron chi connectivity index (χ4n) is 2.55. The monoisotopic (exact) mass is 325 g/mol. The molecule has 0 unspecified atom stereocenters. The van der Waals surface area contributed by atoms with Crippen molar-refractivity contribution in [3.8, 4) is 17.2 Å². The first-order valence-electron chi connectivity index (χ1n) is 7.54. The molecule has 3 aromatic rings. The molecule has 1 amide bonds. The molecule has 1 aliphatic rings. The lowest BCUT2D eigenvalue weighted by molar-refractivity contribution is 0.0948. The molecular formula is C17H15N3O4. The van der Waals surface area contributed by atoms with Gasteiger partial charge in [-0.3, -0.25) is 9.89 Å². The van der Waals surface area contributed by atoms with Gasteiger partial charge in [-0.2, -0.15) is 5.10 Å². The SMILES string of the molecule is O=C(NCCOc1ccc2c(c1)OCO2)c1cccc2cn[nH]c12. The average Bonchev–Trinajstić information content (AvgIpc) is 3.26. The molecule has 2 aromatic carbocycles. The minimum absolute atomic E-state index is 0.167. The number of hydrogen-bond acceptors (Lipinski definition) is 5. The van der Waals surface area contributed by atoms with E-state index in [0.29, 0.717) is 36.0 Å². The Balaban J connectivity index is 1.32. The van der Waals surface area contributed by atoms with Gasteiger partial charge in [0.1, 0.15) is 12.4 Å². The summed E-state index contributed by atoms with van der Waals surface area (Å²) in [6.45, 7) is 0.968. The second-order valence-electron chi connectivity index (χ2n) is 5.26. The van der Waals surface area contributed by atoms with Crippen LogP contribution in [-0.4, -0.2) is 36.0 Å². The molecule has 0 aliphatic carbocycles. The average molecular weight is 325 g/mol. The van der Waals surface area contributed by atoms with E-state index in [1.165, 1.54) is 0 Å². The Labute approximate surface area is 137 Å². The highest BCUT2D eigenvalue weighted by atomic mass is 16.7. The number of amides is 1. The topological polar surface area (TPSA) is 85.5 Å². The quantitative estimate of drug-likeness (QED) is 0.702. The molecule has 0 saturated heterocycles. The lowest BCUT2D eigenvalue weighted by atomic mass is 10.1. The number of hydrogen-bond donors (Lipinski definition) is 2. The molecule has 4 rings (SSSR count). The highest BCUT2D eigenvalue weighted by molar-refractivity contribution is 6.05. The third-order valence-corrected chi connectivity index (χ3v) is 3.72. The Morgan fingerprint density at radius 1 is 1.25 bits per heavy atom. The van der Waals surface area contributed by atoms with Gasteiger partial charge in [-0.25, -0.2) is 0 Å². The molecule has 0 fully saturated rings. The summed E-state index contributed by atoms with van der Waals surface area (Å²) in [5.41, 5.74) is 1.29. The van der Waals surface area contributed by atoms with Gasteiger partial charge in [-0.05, 0) is 18.2 Å². The van der Waals surface area contributed by atoms with Crippen LogP contribution in [0.1, 0.15) is 10.4 Å². The summed E-state index contributed by atoms with van der Waals surface area (Å²) in [7, 11) is 0. The van der Waals surface area contributed by atoms with Crippen LogP contribution in [0.5, 0.6) is 17.2 Å². The van der Waals surface area contributed by atoms with E-state index in [4.69, 9.17) is 14.2 Å². The van der Waals surface area contributed by atoms with Crippen LogP contribution in [0, 0.1) is 0 Å². The fourth-order valence-corrected chi connectivity index (χ4v) is 2.55. The number of nitrogens with zero attached hydrogens (tertiary/aromatic N) is 1. The van der Waals surface area contributed by atoms with Crippen LogP contribution >= 0.6 is 0 Å². The first-order valence-corrected chi connectivity index (χ1v) is 7.54. The van der Waals surface area contributed by atoms with Gasteiger partial charge >= 0.3 is 0 Å². The van der Waals surface area contributed by atoms with Crippen molar-refractivity contribution in [3.05, 3.63) is 48.2 Å². The van der Waals surface area contributed by atoms with Crippen molar-refractivity contribution in [2.45, 2.75) is 0 Å². The van der Waals surface area contributed by atoms with E-state index in [9.17, 15) is 4.79 Å². The molecule has 2 N–H and O–H groups in total. The van der Waals surface area contributed by atoms with E-state index in [1.807, 2.05) is 12.1 Å². The van der Waals surface area contributed by atoms with Crippen LogP contribution in [0.15, 0.2) is 42.6 Å². The minimum atomic E-state index is -0.167. The number of aromatic amines is 1. The number of ether oxygens (including phenoxy) is 3. The Morgan fingerprint density at radius 2 is 2.17 bits per heavy atom. The maximum Gasteiger partial charge on any atom is 0.253 e. The standard InChI is InChI=1S/C17H15N3O4/c21-17(13-3-1-2-11-9-19-20-16(11)13)18-6-7-22-12-4-5-14-15(8-12)24-10-23-14/h1-5,8-9H,6-7,10H2,(H,18,21)(H,19,20). The normalized spacial score (nSPS) is 12.3. The van der Waals surface area contributed by atoms with Crippen LogP contribution in [-0.2, 0) is 0 Å². The van der Waals surface area contributed by atoms with Crippen LogP contribution < -0.4 is 19.5 Å². The van der Waals surface area contributed by atoms with Crippen LogP contribution in [0.2, 0.25) is 0 Å². The molecule has 122 valence electrons. The Morgan fingerprint density at radius 3 is 3.12 bits per heavy atom. The van der Waals surface area contributed by atoms with Gasteiger partial charge in [0.25, 0.3) is 5.91 Å². The lowest BCUT2D eigenvalue weighted by Gasteiger charge is -2.09. The summed E-state index contributed by atoms with van der Waals surface area (Å²) in [5, 5.41) is 10.5. The fraction of sp³-hybridized carbons (Fsp3) is 0.176. The number of nitrogens with one attached hydrogen (secondary N) is 2. The number of H-pyrrole nitrogens is 1. The van der Waals surface area contributed by atoms with Crippen LogP contribution in [0.3, 0.4) is 0 Å². The highest BCUT2D eigenvalue weighted by Crippen LogP contribution is 2.34. The number of fused-ring (bicyclic) bond motifs is 2. The second kappa shape index (κ2) is 6.11. The predicted molar refractivity (Wildman–Crippen MR) is 86.5 cm³/mol. The second-order valence-corrected chi connectivity index (χ2v) is 5.26. The molecule has 1 aliphatic heterocycles. The molecule has 7 heteroatoms. The summed E-state index contributed by atoms with van der Waals surface area (Å²) < 4.78 is 16.2. The number of aromatic nitrogens is 2. The summed E-state index contributed by atoms with van der Waals surface area (Å²) in [6, 6.07) is 10.9. The first-order chi connectivity index (χ1) is 11.8. The van der Waals surface area contributed by atoms with Crippen molar-refractivity contribution in [2.24, 2.45) is 0 Å². The first kappa shape index (κ1) is 14.4. The van der Waals surface area contributed by atoms with Crippen LogP contribution in [0.4, 0.5) is 0 Å². The third kappa shape index (κ3) is 2.71. The zero-order valence-corrected chi connectivity index (χ0v) is 12.7. The van der Waals surface area contributed by atoms with Crippen molar-refractivity contribution >= 4 is 16.8 Å². The summed E-state index contributed by atoms with van der Waals surface area (Å²) in [4.78, 5) is 12.3. The van der Waals surface area contributed by atoms with Gasteiger partial charge in [-0.15, -0.1) is 0 Å². The van der Waals surface area contributed by atoms with Gasteiger partial charge in [0, 0.05) is 11.5 Å². The summed E-state index contributed by atoms with van der Waals surface area (Å²) >= 11 is 0. The third-order valence-electron chi connectivity index (χ3n) is 3.72. The molecular weight excluding hydrogens is 310 g/mol. The van der Waals surface area contributed by atoms with Gasteiger partial charge in [0.2, 0.25) is 6.79 Å². The Bertz CT molecular complexity index is 890. The molecule has 2 heterocycles. The van der Waals surface area contributed by atoms with Gasteiger partial charge in [-0.1, -0.05) is 12.1 Å². The van der Waals surface area contributed by atoms with Crippen molar-refractivity contribution < 1.29 is 19.0 Å². The number of rotatable bonds is 5. The minimum Gasteiger partial charge on any atom is -0.492 e. The molecule has 0 saturated carbocycles. The number of benzene rings is 2. The van der Waals surface area contributed by atoms with Crippen molar-refractivity contribution in [1.29, 1.82) is 0 Å². The molecule has 0 radical (unpaired) electrons. The van der Waals surface area contributed by atoms with E-state index < -0.39 is 0 Å². The maximum absolute atomic E-state index is 12.3. The smallest absolute Gasteiger partial charge is 0.253 e. The van der Waals surface area contributed by atoms with E-state index in [0.717, 1.165) is 10.9 Å². The van der Waals surface area contributed by atoms with Gasteiger partial charge < -0.3 is 19.5 Å². The lowest BCUT2D eigenvalue weighted by Crippen LogP contribution is -2.28. The summed E-state index contributed by atoms with van der Waals surface area (Å²) in [6.07, 6.45) is 1.69. The Hall–Kier alpha value is -3.22. The summed E-state index contributed by atoms with van der Waals surface area (Å²) in [5.74, 6) is 1.88. The van der Waals surface area contributed by atoms with Gasteiger partial charge in [0.15, 0.2) is 11.5 Å². The number of carbonyl (C=O) groups excluding carboxylic acids is 1. The molecule has 7 nitrogen and oxygen atoms in total. The van der Waals surface area contributed by atoms with E-state index in [1.54, 1.807) is 30.5 Å². The largest absolute Gasteiger partial charge is 0.492 e. The van der Waals surface area contributed by atoms with Crippen LogP contribution in [0.25, 0.3) is 10.9 Å². The van der Waals surface area contributed by atoms with Crippen molar-refractivity contribution in [2.75, 3.05) is 19.9 Å². The zero-order valence-electron chi connectivity index (χ0n) is 12.7. The Kier molecular flexibility index (Phi) is 3.66. The molecule has 1 aromatic heterocycles. The number of carbonyl (C=O) groups is 1. The van der Waals surface area contributed by atoms with Gasteiger partial charge in [0.05, 0.1) is 23.8 Å². The molecule has 0 atom stereocenters. The van der Waals surface area contributed by atoms with Crippen molar-refractivity contribution in [3.63, 3.8) is 0 Å². The van der Waals surface area contributed by atoms with Crippen molar-refractivity contribution in [1.82, 2.24) is 15.5 Å². The molecule has 0 spiro atoms. The zero-order chi connectivity index (χ0) is 16.4. The van der Waals surface area contributed by atoms with E-state index in [2.05, 4.69) is 15.5 Å². The molecule has 24 heavy (non-hydrogen) atoms. The van der Waals surface area contributed by atoms with E-state index in [-0.39, 0.29) is 12.7 Å². The van der Waals surface area contributed by atoms with E-state index >= 15 is 0 Å². The number of para-hydroxylation sites is 1. The highest BCUT2D eigenvalue weighted by Gasteiger charge is 2.14. The predicted octanol–water partition coefficient (Wildman–Crippen LogP) is 2.10. The molecule has 0 bridgehead atoms. The maximum atomic E-state index is 12.3.